The van der Waals surface area contributed by atoms with Crippen LogP contribution in [0.5, 0.6) is 0 Å². The van der Waals surface area contributed by atoms with Crippen molar-refractivity contribution in [2.24, 2.45) is 0 Å². The molecule has 31 heavy (non-hydrogen) atoms. The zero-order valence-electron chi connectivity index (χ0n) is 17.5. The van der Waals surface area contributed by atoms with Crippen molar-refractivity contribution in [1.82, 2.24) is 9.78 Å². The summed E-state index contributed by atoms with van der Waals surface area (Å²) in [6.45, 7) is 2.02. The van der Waals surface area contributed by atoms with Gasteiger partial charge in [0, 0.05) is 17.3 Å². The molecule has 4 aromatic rings. The van der Waals surface area contributed by atoms with Crippen LogP contribution in [0, 0.1) is 0 Å². The van der Waals surface area contributed by atoms with Crippen LogP contribution >= 0.6 is 0 Å². The van der Waals surface area contributed by atoms with Gasteiger partial charge in [-0.15, -0.1) is 0 Å². The van der Waals surface area contributed by atoms with Gasteiger partial charge in [-0.2, -0.15) is 5.10 Å². The molecule has 5 heteroatoms. The number of fused-ring (bicyclic) bond motifs is 1. The minimum absolute atomic E-state index is 0.144. The summed E-state index contributed by atoms with van der Waals surface area (Å²) in [6, 6.07) is 25.0. The first-order valence-corrected chi connectivity index (χ1v) is 10.6. The molecule has 1 N–H and O–H groups in total. The molecule has 4 rings (SSSR count). The smallest absolute Gasteiger partial charge is 0.267 e. The van der Waals surface area contributed by atoms with Crippen molar-refractivity contribution in [3.05, 3.63) is 94.8 Å². The monoisotopic (exact) mass is 411 g/mol. The Hall–Kier alpha value is -3.73. The molecule has 0 bridgehead atoms. The number of benzene rings is 3. The summed E-state index contributed by atoms with van der Waals surface area (Å²) in [5, 5.41) is 9.46. The number of amides is 1. The van der Waals surface area contributed by atoms with Gasteiger partial charge in [-0.05, 0) is 47.4 Å². The third-order valence-corrected chi connectivity index (χ3v) is 5.28. The van der Waals surface area contributed by atoms with E-state index in [9.17, 15) is 9.59 Å². The van der Waals surface area contributed by atoms with E-state index in [2.05, 4.69) is 17.3 Å². The summed E-state index contributed by atoms with van der Waals surface area (Å²) in [4.78, 5) is 24.9. The predicted molar refractivity (Wildman–Crippen MR) is 125 cm³/mol. The predicted octanol–water partition coefficient (Wildman–Crippen LogP) is 5.04. The lowest BCUT2D eigenvalue weighted by molar-refractivity contribution is -0.117. The van der Waals surface area contributed by atoms with Crippen LogP contribution in [-0.4, -0.2) is 15.7 Å². The molecule has 156 valence electrons. The Morgan fingerprint density at radius 2 is 1.71 bits per heavy atom. The van der Waals surface area contributed by atoms with E-state index in [-0.39, 0.29) is 18.0 Å². The highest BCUT2D eigenvalue weighted by atomic mass is 16.2. The first kappa shape index (κ1) is 20.5. The van der Waals surface area contributed by atoms with Crippen molar-refractivity contribution < 1.29 is 4.79 Å². The molecule has 0 atom stereocenters. The normalized spacial score (nSPS) is 10.9. The van der Waals surface area contributed by atoms with Crippen molar-refractivity contribution >= 4 is 22.4 Å². The summed E-state index contributed by atoms with van der Waals surface area (Å²) < 4.78 is 1.21. The Kier molecular flexibility index (Phi) is 6.22. The molecular formula is C26H25N3O2. The number of carbonyl (C=O) groups excluding carboxylic acids is 1. The van der Waals surface area contributed by atoms with Gasteiger partial charge in [0.25, 0.3) is 5.56 Å². The van der Waals surface area contributed by atoms with Gasteiger partial charge in [-0.25, -0.2) is 4.68 Å². The lowest BCUT2D eigenvalue weighted by Crippen LogP contribution is -2.29. The topological polar surface area (TPSA) is 64.0 Å². The molecule has 0 radical (unpaired) electrons. The van der Waals surface area contributed by atoms with Crippen LogP contribution in [0.25, 0.3) is 22.0 Å². The van der Waals surface area contributed by atoms with Gasteiger partial charge in [0.2, 0.25) is 5.91 Å². The van der Waals surface area contributed by atoms with E-state index in [0.29, 0.717) is 11.4 Å². The van der Waals surface area contributed by atoms with Crippen molar-refractivity contribution in [2.45, 2.75) is 32.7 Å². The minimum Gasteiger partial charge on any atom is -0.324 e. The number of anilines is 1. The van der Waals surface area contributed by atoms with Gasteiger partial charge in [-0.3, -0.25) is 9.59 Å². The first-order chi connectivity index (χ1) is 15.1. The van der Waals surface area contributed by atoms with E-state index in [1.165, 1.54) is 16.3 Å². The molecule has 0 unspecified atom stereocenters. The molecule has 0 saturated carbocycles. The summed E-state index contributed by atoms with van der Waals surface area (Å²) in [7, 11) is 0. The number of hydrogen-bond acceptors (Lipinski definition) is 3. The summed E-state index contributed by atoms with van der Waals surface area (Å²) >= 11 is 0. The van der Waals surface area contributed by atoms with Crippen LogP contribution in [0.2, 0.25) is 0 Å². The Morgan fingerprint density at radius 3 is 2.52 bits per heavy atom. The average Bonchev–Trinajstić information content (AvgIpc) is 2.80. The van der Waals surface area contributed by atoms with Crippen molar-refractivity contribution in [2.75, 3.05) is 5.32 Å². The van der Waals surface area contributed by atoms with E-state index < -0.39 is 0 Å². The van der Waals surface area contributed by atoms with Crippen LogP contribution in [0.3, 0.4) is 0 Å². The Bertz CT molecular complexity index is 1250. The number of unbranched alkanes of at least 4 members (excludes halogenated alkanes) is 1. The lowest BCUT2D eigenvalue weighted by atomic mass is 10.0. The zero-order chi connectivity index (χ0) is 21.6. The van der Waals surface area contributed by atoms with Gasteiger partial charge in [0.05, 0.1) is 5.69 Å². The Balaban J connectivity index is 1.52. The fraction of sp³-hybridized carbons (Fsp3) is 0.192. The Labute approximate surface area is 181 Å². The molecule has 0 aliphatic carbocycles. The number of aromatic nitrogens is 2. The molecule has 0 spiro atoms. The van der Waals surface area contributed by atoms with E-state index >= 15 is 0 Å². The van der Waals surface area contributed by atoms with E-state index in [1.54, 1.807) is 6.07 Å². The molecule has 1 amide bonds. The number of hydrogen-bond donors (Lipinski definition) is 1. The second-order valence-electron chi connectivity index (χ2n) is 7.59. The molecule has 0 aliphatic heterocycles. The highest BCUT2D eigenvalue weighted by Gasteiger charge is 2.10. The van der Waals surface area contributed by atoms with Gasteiger partial charge in [0.1, 0.15) is 6.54 Å². The number of nitrogens with one attached hydrogen (secondary N) is 1. The largest absolute Gasteiger partial charge is 0.324 e. The second kappa shape index (κ2) is 9.39. The average molecular weight is 412 g/mol. The maximum Gasteiger partial charge on any atom is 0.267 e. The standard InChI is InChI=1S/C26H25N3O2/c1-2-3-7-19-12-14-21(15-13-19)27-25(30)18-29-26(31)17-16-24(28-29)23-11-6-9-20-8-4-5-10-22(20)23/h4-6,8-17H,2-3,7,18H2,1H3,(H,27,30). The highest BCUT2D eigenvalue weighted by Crippen LogP contribution is 2.26. The zero-order valence-corrected chi connectivity index (χ0v) is 17.5. The van der Waals surface area contributed by atoms with Gasteiger partial charge >= 0.3 is 0 Å². The molecule has 0 aliphatic rings. The molecule has 1 heterocycles. The number of carbonyl (C=O) groups is 1. The van der Waals surface area contributed by atoms with Gasteiger partial charge in [-0.1, -0.05) is 67.9 Å². The molecule has 1 aromatic heterocycles. The summed E-state index contributed by atoms with van der Waals surface area (Å²) in [5.74, 6) is -0.286. The third-order valence-electron chi connectivity index (χ3n) is 5.28. The highest BCUT2D eigenvalue weighted by molar-refractivity contribution is 5.95. The lowest BCUT2D eigenvalue weighted by Gasteiger charge is -2.10. The van der Waals surface area contributed by atoms with Crippen molar-refractivity contribution in [3.63, 3.8) is 0 Å². The molecule has 0 saturated heterocycles. The maximum atomic E-state index is 12.5. The quantitative estimate of drug-likeness (QED) is 0.463. The molecular weight excluding hydrogens is 386 g/mol. The fourth-order valence-corrected chi connectivity index (χ4v) is 3.63. The minimum atomic E-state index is -0.311. The van der Waals surface area contributed by atoms with Crippen LogP contribution < -0.4 is 10.9 Å². The van der Waals surface area contributed by atoms with E-state index in [0.717, 1.165) is 35.6 Å². The SMILES string of the molecule is CCCCc1ccc(NC(=O)Cn2nc(-c3cccc4ccccc34)ccc2=O)cc1. The second-order valence-corrected chi connectivity index (χ2v) is 7.59. The third kappa shape index (κ3) is 4.89. The summed E-state index contributed by atoms with van der Waals surface area (Å²) in [6.07, 6.45) is 3.33. The molecule has 3 aromatic carbocycles. The molecule has 5 nitrogen and oxygen atoms in total. The van der Waals surface area contributed by atoms with Crippen LogP contribution in [0.15, 0.2) is 83.7 Å². The summed E-state index contributed by atoms with van der Waals surface area (Å²) in [5.41, 5.74) is 3.23. The van der Waals surface area contributed by atoms with Gasteiger partial charge in [0.15, 0.2) is 0 Å². The number of aryl methyl sites for hydroxylation is 1. The van der Waals surface area contributed by atoms with Crippen molar-refractivity contribution in [1.29, 1.82) is 0 Å². The molecule has 0 fully saturated rings. The van der Waals surface area contributed by atoms with E-state index in [4.69, 9.17) is 0 Å². The van der Waals surface area contributed by atoms with Crippen LogP contribution in [0.1, 0.15) is 25.3 Å². The Morgan fingerprint density at radius 1 is 0.935 bits per heavy atom. The van der Waals surface area contributed by atoms with E-state index in [1.807, 2.05) is 66.7 Å². The van der Waals surface area contributed by atoms with Crippen LogP contribution in [-0.2, 0) is 17.8 Å². The van der Waals surface area contributed by atoms with Crippen molar-refractivity contribution in [3.8, 4) is 11.3 Å². The van der Waals surface area contributed by atoms with Gasteiger partial charge < -0.3 is 5.32 Å². The van der Waals surface area contributed by atoms with Crippen LogP contribution in [0.4, 0.5) is 5.69 Å². The number of rotatable bonds is 7. The first-order valence-electron chi connectivity index (χ1n) is 10.6. The fourth-order valence-electron chi connectivity index (χ4n) is 3.63. The maximum absolute atomic E-state index is 12.5. The number of nitrogens with zero attached hydrogens (tertiary/aromatic N) is 2.